The van der Waals surface area contributed by atoms with Crippen molar-refractivity contribution in [1.82, 2.24) is 19.4 Å². The average Bonchev–Trinajstić information content (AvgIpc) is 3.26. The molecular formula is C20H25N5OS. The van der Waals surface area contributed by atoms with Crippen molar-refractivity contribution in [3.8, 4) is 0 Å². The number of thiazole rings is 1. The Balaban J connectivity index is 1.75. The van der Waals surface area contributed by atoms with Crippen molar-refractivity contribution in [3.05, 3.63) is 46.0 Å². The highest BCUT2D eigenvalue weighted by Gasteiger charge is 2.20. The third-order valence-electron chi connectivity index (χ3n) is 5.11. The van der Waals surface area contributed by atoms with Crippen LogP contribution >= 0.6 is 11.3 Å². The monoisotopic (exact) mass is 383 g/mol. The van der Waals surface area contributed by atoms with E-state index in [1.165, 1.54) is 25.0 Å². The Morgan fingerprint density at radius 3 is 2.96 bits per heavy atom. The molecule has 0 aliphatic heterocycles. The van der Waals surface area contributed by atoms with E-state index in [0.29, 0.717) is 11.6 Å². The molecule has 1 aliphatic carbocycles. The number of carbonyl (C=O) groups excluding carboxylic acids is 1. The standard InChI is InChI=1S/C20H25N5OS/c1-24(2)12-15-13-27-20(25(15)14-7-4-3-5-8-14)23-19(26)17-11-22-18-16(17)9-6-10-21-18/h6,9-11,13-14H,3-5,7-8,12H2,1-2H3,(H,21,22)/b23-20-. The van der Waals surface area contributed by atoms with E-state index in [2.05, 4.69) is 43.9 Å². The van der Waals surface area contributed by atoms with Crippen molar-refractivity contribution in [2.24, 2.45) is 4.99 Å². The lowest BCUT2D eigenvalue weighted by molar-refractivity contribution is 0.0999. The number of nitrogens with zero attached hydrogens (tertiary/aromatic N) is 4. The summed E-state index contributed by atoms with van der Waals surface area (Å²) in [4.78, 5) is 27.8. The summed E-state index contributed by atoms with van der Waals surface area (Å²) in [7, 11) is 4.15. The molecule has 1 saturated carbocycles. The fourth-order valence-electron chi connectivity index (χ4n) is 3.88. The first-order valence-corrected chi connectivity index (χ1v) is 10.4. The molecule has 6 nitrogen and oxygen atoms in total. The average molecular weight is 384 g/mol. The third kappa shape index (κ3) is 3.75. The van der Waals surface area contributed by atoms with Crippen molar-refractivity contribution < 1.29 is 4.79 Å². The van der Waals surface area contributed by atoms with Gasteiger partial charge in [-0.05, 0) is 39.1 Å². The maximum absolute atomic E-state index is 12.9. The minimum absolute atomic E-state index is 0.211. The van der Waals surface area contributed by atoms with Crippen LogP contribution in [0.3, 0.4) is 0 Å². The van der Waals surface area contributed by atoms with Crippen molar-refractivity contribution >= 4 is 28.3 Å². The quantitative estimate of drug-likeness (QED) is 0.746. The number of H-pyrrole nitrogens is 1. The summed E-state index contributed by atoms with van der Waals surface area (Å²) < 4.78 is 2.31. The Kier molecular flexibility index (Phi) is 5.22. The van der Waals surface area contributed by atoms with Gasteiger partial charge in [-0.25, -0.2) is 4.98 Å². The number of aromatic nitrogens is 3. The number of aromatic amines is 1. The number of carbonyl (C=O) groups is 1. The largest absolute Gasteiger partial charge is 0.345 e. The molecule has 0 radical (unpaired) electrons. The van der Waals surface area contributed by atoms with Crippen LogP contribution in [-0.2, 0) is 6.54 Å². The van der Waals surface area contributed by atoms with Gasteiger partial charge in [-0.1, -0.05) is 19.3 Å². The van der Waals surface area contributed by atoms with Gasteiger partial charge in [0.25, 0.3) is 5.91 Å². The normalized spacial score (nSPS) is 16.5. The van der Waals surface area contributed by atoms with Crippen LogP contribution in [0.25, 0.3) is 11.0 Å². The van der Waals surface area contributed by atoms with Gasteiger partial charge in [-0.2, -0.15) is 4.99 Å². The number of amides is 1. The highest BCUT2D eigenvalue weighted by molar-refractivity contribution is 7.07. The van der Waals surface area contributed by atoms with Crippen LogP contribution in [0.5, 0.6) is 0 Å². The Morgan fingerprint density at radius 1 is 1.37 bits per heavy atom. The second-order valence-electron chi connectivity index (χ2n) is 7.43. The van der Waals surface area contributed by atoms with Crippen LogP contribution in [0.15, 0.2) is 34.9 Å². The number of pyridine rings is 1. The van der Waals surface area contributed by atoms with Gasteiger partial charge >= 0.3 is 0 Å². The molecule has 0 saturated heterocycles. The molecule has 0 bridgehead atoms. The summed E-state index contributed by atoms with van der Waals surface area (Å²) in [5.41, 5.74) is 2.54. The minimum Gasteiger partial charge on any atom is -0.345 e. The molecule has 27 heavy (non-hydrogen) atoms. The van der Waals surface area contributed by atoms with E-state index in [-0.39, 0.29) is 5.91 Å². The maximum Gasteiger partial charge on any atom is 0.281 e. The van der Waals surface area contributed by atoms with Gasteiger partial charge in [0.1, 0.15) is 5.65 Å². The van der Waals surface area contributed by atoms with Crippen LogP contribution in [0.2, 0.25) is 0 Å². The van der Waals surface area contributed by atoms with Crippen LogP contribution in [-0.4, -0.2) is 39.4 Å². The Hall–Kier alpha value is -2.25. The maximum atomic E-state index is 12.9. The summed E-state index contributed by atoms with van der Waals surface area (Å²) in [5.74, 6) is -0.211. The summed E-state index contributed by atoms with van der Waals surface area (Å²) in [6.45, 7) is 0.855. The van der Waals surface area contributed by atoms with E-state index in [9.17, 15) is 4.79 Å². The van der Waals surface area contributed by atoms with Gasteiger partial charge in [-0.15, -0.1) is 11.3 Å². The molecular weight excluding hydrogens is 358 g/mol. The number of fused-ring (bicyclic) bond motifs is 1. The molecule has 4 rings (SSSR count). The molecule has 0 atom stereocenters. The molecule has 1 N–H and O–H groups in total. The first-order valence-electron chi connectivity index (χ1n) is 9.48. The smallest absolute Gasteiger partial charge is 0.281 e. The second-order valence-corrected chi connectivity index (χ2v) is 8.26. The topological polar surface area (TPSA) is 66.3 Å². The van der Waals surface area contributed by atoms with Crippen LogP contribution in [0.1, 0.15) is 54.2 Å². The zero-order valence-electron chi connectivity index (χ0n) is 15.8. The Labute approximate surface area is 162 Å². The molecule has 7 heteroatoms. The molecule has 0 spiro atoms. The Bertz CT molecular complexity index is 1010. The molecule has 142 valence electrons. The lowest BCUT2D eigenvalue weighted by Crippen LogP contribution is -2.27. The molecule has 3 aromatic heterocycles. The molecule has 3 aromatic rings. The van der Waals surface area contributed by atoms with Crippen LogP contribution in [0.4, 0.5) is 0 Å². The van der Waals surface area contributed by atoms with Gasteiger partial charge < -0.3 is 14.5 Å². The highest BCUT2D eigenvalue weighted by atomic mass is 32.1. The molecule has 0 unspecified atom stereocenters. The predicted molar refractivity (Wildman–Crippen MR) is 108 cm³/mol. The van der Waals surface area contributed by atoms with Gasteiger partial charge in [0.2, 0.25) is 0 Å². The van der Waals surface area contributed by atoms with Gasteiger partial charge in [0.15, 0.2) is 4.80 Å². The van der Waals surface area contributed by atoms with E-state index >= 15 is 0 Å². The summed E-state index contributed by atoms with van der Waals surface area (Å²) in [6, 6.07) is 4.19. The lowest BCUT2D eigenvalue weighted by atomic mass is 9.95. The number of rotatable bonds is 4. The first-order chi connectivity index (χ1) is 13.1. The van der Waals surface area contributed by atoms with Crippen molar-refractivity contribution in [1.29, 1.82) is 0 Å². The zero-order valence-corrected chi connectivity index (χ0v) is 16.6. The van der Waals surface area contributed by atoms with E-state index < -0.39 is 0 Å². The highest BCUT2D eigenvalue weighted by Crippen LogP contribution is 2.29. The van der Waals surface area contributed by atoms with Gasteiger partial charge in [0, 0.05) is 41.4 Å². The first kappa shape index (κ1) is 18.1. The van der Waals surface area contributed by atoms with Gasteiger partial charge in [-0.3, -0.25) is 4.79 Å². The van der Waals surface area contributed by atoms with E-state index in [1.54, 1.807) is 23.7 Å². The SMILES string of the molecule is CN(C)Cc1cs/c(=N\C(=O)c2c[nH]c3ncccc23)n1C1CCCCC1. The minimum atomic E-state index is -0.211. The molecule has 1 amide bonds. The van der Waals surface area contributed by atoms with Crippen molar-refractivity contribution in [3.63, 3.8) is 0 Å². The Morgan fingerprint density at radius 2 is 2.19 bits per heavy atom. The summed E-state index contributed by atoms with van der Waals surface area (Å²) >= 11 is 1.57. The number of hydrogen-bond acceptors (Lipinski definition) is 4. The summed E-state index contributed by atoms with van der Waals surface area (Å²) in [6.07, 6.45) is 9.55. The van der Waals surface area contributed by atoms with Crippen molar-refractivity contribution in [2.45, 2.75) is 44.7 Å². The molecule has 1 fully saturated rings. The molecule has 1 aliphatic rings. The molecule has 0 aromatic carbocycles. The number of nitrogens with one attached hydrogen (secondary N) is 1. The number of hydrogen-bond donors (Lipinski definition) is 1. The molecule has 3 heterocycles. The summed E-state index contributed by atoms with van der Waals surface area (Å²) in [5, 5.41) is 2.97. The second kappa shape index (κ2) is 7.78. The van der Waals surface area contributed by atoms with Crippen LogP contribution < -0.4 is 4.80 Å². The van der Waals surface area contributed by atoms with Crippen molar-refractivity contribution in [2.75, 3.05) is 14.1 Å². The van der Waals surface area contributed by atoms with E-state index in [0.717, 1.165) is 35.2 Å². The van der Waals surface area contributed by atoms with E-state index in [1.807, 2.05) is 12.1 Å². The predicted octanol–water partition coefficient (Wildman–Crippen LogP) is 3.73. The van der Waals surface area contributed by atoms with E-state index in [4.69, 9.17) is 0 Å². The third-order valence-corrected chi connectivity index (χ3v) is 6.00. The lowest BCUT2D eigenvalue weighted by Gasteiger charge is -2.26. The fourth-order valence-corrected chi connectivity index (χ4v) is 4.83. The fraction of sp³-hybridized carbons (Fsp3) is 0.450. The van der Waals surface area contributed by atoms with Crippen LogP contribution in [0, 0.1) is 0 Å². The van der Waals surface area contributed by atoms with Gasteiger partial charge in [0.05, 0.1) is 5.56 Å². The zero-order chi connectivity index (χ0) is 18.8.